The van der Waals surface area contributed by atoms with Crippen molar-refractivity contribution >= 4 is 23.9 Å². The number of hydrogen-bond donors (Lipinski definition) is 0. The maximum absolute atomic E-state index is 13.4. The number of furan rings is 1. The van der Waals surface area contributed by atoms with Gasteiger partial charge in [-0.05, 0) is 45.1 Å². The Morgan fingerprint density at radius 1 is 0.950 bits per heavy atom. The van der Waals surface area contributed by atoms with Gasteiger partial charge in [-0.3, -0.25) is 14.4 Å². The summed E-state index contributed by atoms with van der Waals surface area (Å²) in [7, 11) is 0. The molecule has 6 rings (SSSR count). The van der Waals surface area contributed by atoms with Crippen LogP contribution in [0, 0.1) is 28.1 Å². The molecular formula is C30H38O10. The quantitative estimate of drug-likeness (QED) is 0.304. The van der Waals surface area contributed by atoms with E-state index in [0.717, 1.165) is 5.56 Å². The summed E-state index contributed by atoms with van der Waals surface area (Å²) in [4.78, 5) is 51.5. The molecule has 0 radical (unpaired) electrons. The molecule has 5 fully saturated rings. The highest BCUT2D eigenvalue weighted by Crippen LogP contribution is 2.79. The zero-order valence-corrected chi connectivity index (χ0v) is 24.1. The van der Waals surface area contributed by atoms with Gasteiger partial charge in [0.15, 0.2) is 6.10 Å². The van der Waals surface area contributed by atoms with E-state index in [1.165, 1.54) is 13.8 Å². The van der Waals surface area contributed by atoms with Crippen LogP contribution in [0.15, 0.2) is 23.0 Å². The number of carbonyl (C=O) groups excluding carboxylic acids is 4. The van der Waals surface area contributed by atoms with Gasteiger partial charge in [0.1, 0.15) is 29.5 Å². The maximum atomic E-state index is 13.4. The first kappa shape index (κ1) is 27.3. The average Bonchev–Trinajstić information content (AvgIpc) is 3.42. The third-order valence-electron chi connectivity index (χ3n) is 11.3. The first-order chi connectivity index (χ1) is 18.6. The molecule has 5 aliphatic rings. The molecule has 10 heteroatoms. The van der Waals surface area contributed by atoms with Crippen molar-refractivity contribution in [3.8, 4) is 0 Å². The monoisotopic (exact) mass is 558 g/mol. The second kappa shape index (κ2) is 8.33. The van der Waals surface area contributed by atoms with Gasteiger partial charge >= 0.3 is 23.9 Å². The largest absolute Gasteiger partial charge is 0.472 e. The summed E-state index contributed by atoms with van der Waals surface area (Å²) in [6.45, 7) is 12.6. The fourth-order valence-corrected chi connectivity index (χ4v) is 9.88. The van der Waals surface area contributed by atoms with E-state index in [-0.39, 0.29) is 18.3 Å². The van der Waals surface area contributed by atoms with Crippen LogP contribution in [-0.4, -0.2) is 53.4 Å². The van der Waals surface area contributed by atoms with E-state index in [1.807, 2.05) is 20.8 Å². The van der Waals surface area contributed by atoms with Gasteiger partial charge in [-0.2, -0.15) is 0 Å². The molecule has 2 saturated carbocycles. The number of cyclic esters (lactones) is 2. The lowest BCUT2D eigenvalue weighted by molar-refractivity contribution is -0.277. The van der Waals surface area contributed by atoms with Gasteiger partial charge in [0.05, 0.1) is 18.9 Å². The van der Waals surface area contributed by atoms with Crippen LogP contribution in [0.5, 0.6) is 0 Å². The molecule has 40 heavy (non-hydrogen) atoms. The van der Waals surface area contributed by atoms with Gasteiger partial charge < -0.3 is 28.1 Å². The number of fused-ring (bicyclic) bond motifs is 3. The molecule has 10 nitrogen and oxygen atoms in total. The smallest absolute Gasteiger partial charge is 0.339 e. The van der Waals surface area contributed by atoms with Gasteiger partial charge in [0, 0.05) is 41.6 Å². The van der Waals surface area contributed by atoms with Crippen LogP contribution in [0.25, 0.3) is 0 Å². The Labute approximate surface area is 233 Å². The molecule has 10 atom stereocenters. The molecule has 0 bridgehead atoms. The highest BCUT2D eigenvalue weighted by Gasteiger charge is 2.89. The van der Waals surface area contributed by atoms with E-state index in [1.54, 1.807) is 18.6 Å². The number of rotatable bonds is 3. The first-order valence-corrected chi connectivity index (χ1v) is 14.1. The van der Waals surface area contributed by atoms with Gasteiger partial charge in [0.25, 0.3) is 0 Å². The number of ether oxygens (including phenoxy) is 5. The number of epoxide rings is 1. The zero-order chi connectivity index (χ0) is 29.0. The normalized spacial score (nSPS) is 46.7. The molecule has 0 aromatic carbocycles. The Hall–Kier alpha value is -2.88. The van der Waals surface area contributed by atoms with Crippen LogP contribution < -0.4 is 0 Å². The van der Waals surface area contributed by atoms with E-state index in [2.05, 4.69) is 13.8 Å². The second-order valence-corrected chi connectivity index (χ2v) is 13.5. The van der Waals surface area contributed by atoms with E-state index in [4.69, 9.17) is 28.1 Å². The van der Waals surface area contributed by atoms with Crippen molar-refractivity contribution in [2.24, 2.45) is 28.1 Å². The summed E-state index contributed by atoms with van der Waals surface area (Å²) in [5.74, 6) is -2.43. The fraction of sp³-hybridized carbons (Fsp3) is 0.733. The third-order valence-corrected chi connectivity index (χ3v) is 11.3. The molecular weight excluding hydrogens is 520 g/mol. The minimum absolute atomic E-state index is 0.0882. The molecule has 2 aliphatic carbocycles. The van der Waals surface area contributed by atoms with Crippen LogP contribution in [-0.2, 0) is 42.9 Å². The summed E-state index contributed by atoms with van der Waals surface area (Å²) in [6, 6.07) is 1.79. The molecule has 0 amide bonds. The van der Waals surface area contributed by atoms with Crippen molar-refractivity contribution in [2.45, 2.75) is 110 Å². The molecule has 218 valence electrons. The van der Waals surface area contributed by atoms with Crippen LogP contribution in [0.4, 0.5) is 0 Å². The molecule has 1 spiro atoms. The molecule has 1 aromatic rings. The second-order valence-electron chi connectivity index (χ2n) is 13.5. The van der Waals surface area contributed by atoms with Crippen LogP contribution >= 0.6 is 0 Å². The van der Waals surface area contributed by atoms with Gasteiger partial charge in [-0.25, -0.2) is 4.79 Å². The minimum Gasteiger partial charge on any atom is -0.472 e. The lowest BCUT2D eigenvalue weighted by Crippen LogP contribution is -2.74. The van der Waals surface area contributed by atoms with Crippen molar-refractivity contribution < 1.29 is 47.3 Å². The SMILES string of the molecule is CC(=O)OC1CC(=O)OC(C)(C)C2CC(OC(C)=O)C3(C)C(CCC4(C)C(c5ccoc5)OC(=O)C5OC543)C12C. The van der Waals surface area contributed by atoms with Crippen molar-refractivity contribution in [2.75, 3.05) is 0 Å². The molecule has 3 saturated heterocycles. The van der Waals surface area contributed by atoms with Crippen LogP contribution in [0.3, 0.4) is 0 Å². The summed E-state index contributed by atoms with van der Waals surface area (Å²) < 4.78 is 36.0. The standard InChI is InChI=1S/C30H38O10/c1-15(31)36-20-13-22(33)39-26(3,4)19-12-21(37-16(2)32)29(7)18(28(19,20)6)8-10-27(5)23(17-9-11-35-14-17)38-25(34)24-30(27,29)40-24/h9,11,14,18-21,23-24H,8,10,12-13H2,1-7H3. The number of hydrogen-bond acceptors (Lipinski definition) is 10. The van der Waals surface area contributed by atoms with E-state index >= 15 is 0 Å². The van der Waals surface area contributed by atoms with Gasteiger partial charge in [-0.15, -0.1) is 0 Å². The molecule has 1 aromatic heterocycles. The Morgan fingerprint density at radius 3 is 2.25 bits per heavy atom. The highest BCUT2D eigenvalue weighted by atomic mass is 16.7. The van der Waals surface area contributed by atoms with Gasteiger partial charge in [-0.1, -0.05) is 20.8 Å². The molecule has 4 heterocycles. The summed E-state index contributed by atoms with van der Waals surface area (Å²) in [6.07, 6.45) is 1.72. The lowest BCUT2D eigenvalue weighted by atomic mass is 9.36. The zero-order valence-electron chi connectivity index (χ0n) is 24.1. The number of esters is 4. The van der Waals surface area contributed by atoms with Crippen LogP contribution in [0.1, 0.15) is 85.8 Å². The topological polar surface area (TPSA) is 131 Å². The minimum atomic E-state index is -1.03. The lowest BCUT2D eigenvalue weighted by Gasteiger charge is -2.68. The maximum Gasteiger partial charge on any atom is 0.339 e. The Balaban J connectivity index is 1.57. The Bertz CT molecular complexity index is 1270. The Morgan fingerprint density at radius 2 is 1.62 bits per heavy atom. The average molecular weight is 559 g/mol. The highest BCUT2D eigenvalue weighted by molar-refractivity contribution is 5.82. The molecule has 10 unspecified atom stereocenters. The Kier molecular flexibility index (Phi) is 5.69. The van der Waals surface area contributed by atoms with Crippen molar-refractivity contribution in [3.05, 3.63) is 24.2 Å². The molecule has 3 aliphatic heterocycles. The summed E-state index contributed by atoms with van der Waals surface area (Å²) in [5.41, 5.74) is -3.57. The predicted molar refractivity (Wildman–Crippen MR) is 136 cm³/mol. The predicted octanol–water partition coefficient (Wildman–Crippen LogP) is 4.05. The summed E-state index contributed by atoms with van der Waals surface area (Å²) >= 11 is 0. The van der Waals surface area contributed by atoms with Crippen molar-refractivity contribution in [1.82, 2.24) is 0 Å². The molecule has 0 N–H and O–H groups in total. The van der Waals surface area contributed by atoms with Crippen molar-refractivity contribution in [1.29, 1.82) is 0 Å². The van der Waals surface area contributed by atoms with Crippen molar-refractivity contribution in [3.63, 3.8) is 0 Å². The fourth-order valence-electron chi connectivity index (χ4n) is 9.88. The van der Waals surface area contributed by atoms with Gasteiger partial charge in [0.2, 0.25) is 0 Å². The third kappa shape index (κ3) is 3.25. The van der Waals surface area contributed by atoms with Crippen LogP contribution in [0.2, 0.25) is 0 Å². The first-order valence-electron chi connectivity index (χ1n) is 14.1. The number of carbonyl (C=O) groups is 4. The van der Waals surface area contributed by atoms with E-state index < -0.39 is 75.7 Å². The van der Waals surface area contributed by atoms with E-state index in [0.29, 0.717) is 19.3 Å². The van der Waals surface area contributed by atoms with E-state index in [9.17, 15) is 19.2 Å². The summed E-state index contributed by atoms with van der Waals surface area (Å²) in [5, 5.41) is 0.